The number of hydrogen-bond donors (Lipinski definition) is 1. The van der Waals surface area contributed by atoms with Gasteiger partial charge in [0.15, 0.2) is 5.69 Å². The van der Waals surface area contributed by atoms with Gasteiger partial charge in [-0.15, -0.1) is 5.10 Å². The Morgan fingerprint density at radius 1 is 1.20 bits per heavy atom. The maximum absolute atomic E-state index is 12.7. The van der Waals surface area contributed by atoms with E-state index in [4.69, 9.17) is 9.47 Å². The standard InChI is InChI=1S/C23H26N4O3/c1-15(2)17-6-4-16(5-7-17)12-24-23(28)22-20-14-30-21(13-27(20)26-25-22)18-8-10-19(29-3)11-9-18/h4-11,15,21H,12-14H2,1-3H3,(H,24,28)/t21-/m1/s1. The van der Waals surface area contributed by atoms with Crippen LogP contribution in [0.4, 0.5) is 0 Å². The van der Waals surface area contributed by atoms with Crippen molar-refractivity contribution in [3.63, 3.8) is 0 Å². The van der Waals surface area contributed by atoms with Crippen molar-refractivity contribution in [1.29, 1.82) is 0 Å². The summed E-state index contributed by atoms with van der Waals surface area (Å²) in [5, 5.41) is 11.2. The van der Waals surface area contributed by atoms with Crippen molar-refractivity contribution in [2.24, 2.45) is 0 Å². The van der Waals surface area contributed by atoms with E-state index in [1.54, 1.807) is 11.8 Å². The molecule has 0 saturated carbocycles. The highest BCUT2D eigenvalue weighted by atomic mass is 16.5. The first-order chi connectivity index (χ1) is 14.5. The second-order valence-corrected chi connectivity index (χ2v) is 7.72. The summed E-state index contributed by atoms with van der Waals surface area (Å²) in [6, 6.07) is 16.0. The van der Waals surface area contributed by atoms with Gasteiger partial charge in [-0.3, -0.25) is 4.79 Å². The Kier molecular flexibility index (Phi) is 5.81. The molecular weight excluding hydrogens is 380 g/mol. The zero-order valence-electron chi connectivity index (χ0n) is 17.5. The minimum Gasteiger partial charge on any atom is -0.497 e. The molecule has 1 aromatic heterocycles. The molecule has 0 unspecified atom stereocenters. The number of benzene rings is 2. The molecule has 1 aliphatic heterocycles. The van der Waals surface area contributed by atoms with Crippen molar-refractivity contribution < 1.29 is 14.3 Å². The number of aromatic nitrogens is 3. The molecule has 0 aliphatic carbocycles. The third kappa shape index (κ3) is 4.21. The number of amides is 1. The number of nitrogens with one attached hydrogen (secondary N) is 1. The Morgan fingerprint density at radius 2 is 1.93 bits per heavy atom. The Bertz CT molecular complexity index is 1010. The number of nitrogens with zero attached hydrogens (tertiary/aromatic N) is 3. The molecule has 1 aliphatic rings. The molecule has 156 valence electrons. The summed E-state index contributed by atoms with van der Waals surface area (Å²) in [6.45, 7) is 5.56. The number of carbonyl (C=O) groups excluding carboxylic acids is 1. The van der Waals surface area contributed by atoms with Gasteiger partial charge in [0.05, 0.1) is 26.0 Å². The van der Waals surface area contributed by atoms with Crippen molar-refractivity contribution in [2.75, 3.05) is 7.11 Å². The molecule has 2 heterocycles. The summed E-state index contributed by atoms with van der Waals surface area (Å²) >= 11 is 0. The molecule has 0 fully saturated rings. The highest BCUT2D eigenvalue weighted by molar-refractivity contribution is 5.93. The molecule has 0 spiro atoms. The van der Waals surface area contributed by atoms with Crippen LogP contribution in [0.1, 0.15) is 58.7 Å². The second kappa shape index (κ2) is 8.67. The summed E-state index contributed by atoms with van der Waals surface area (Å²) in [5.41, 5.74) is 4.38. The van der Waals surface area contributed by atoms with E-state index >= 15 is 0 Å². The Labute approximate surface area is 176 Å². The number of ether oxygens (including phenoxy) is 2. The molecule has 2 aromatic carbocycles. The van der Waals surface area contributed by atoms with E-state index < -0.39 is 0 Å². The van der Waals surface area contributed by atoms with Crippen LogP contribution in [0.5, 0.6) is 5.75 Å². The molecular formula is C23H26N4O3. The van der Waals surface area contributed by atoms with E-state index in [1.165, 1.54) is 5.56 Å². The summed E-state index contributed by atoms with van der Waals surface area (Å²) in [4.78, 5) is 12.7. The first-order valence-electron chi connectivity index (χ1n) is 10.1. The molecule has 0 radical (unpaired) electrons. The van der Waals surface area contributed by atoms with Crippen molar-refractivity contribution in [3.05, 3.63) is 76.6 Å². The lowest BCUT2D eigenvalue weighted by molar-refractivity contribution is -0.00179. The first-order valence-corrected chi connectivity index (χ1v) is 10.1. The molecule has 3 aromatic rings. The van der Waals surface area contributed by atoms with Gasteiger partial charge in [0.25, 0.3) is 5.91 Å². The second-order valence-electron chi connectivity index (χ2n) is 7.72. The summed E-state index contributed by atoms with van der Waals surface area (Å²) in [7, 11) is 1.64. The number of carbonyl (C=O) groups is 1. The molecule has 0 bridgehead atoms. The number of rotatable bonds is 6. The minimum absolute atomic E-state index is 0.138. The van der Waals surface area contributed by atoms with E-state index in [1.807, 2.05) is 36.4 Å². The maximum Gasteiger partial charge on any atom is 0.274 e. The molecule has 4 rings (SSSR count). The lowest BCUT2D eigenvalue weighted by Gasteiger charge is -2.24. The van der Waals surface area contributed by atoms with Crippen LogP contribution in [0.2, 0.25) is 0 Å². The largest absolute Gasteiger partial charge is 0.497 e. The van der Waals surface area contributed by atoms with E-state index in [0.29, 0.717) is 30.4 Å². The fraction of sp³-hybridized carbons (Fsp3) is 0.348. The van der Waals surface area contributed by atoms with Crippen LogP contribution in [-0.2, 0) is 24.4 Å². The fourth-order valence-corrected chi connectivity index (χ4v) is 3.49. The topological polar surface area (TPSA) is 78.3 Å². The van der Waals surface area contributed by atoms with E-state index in [2.05, 4.69) is 41.6 Å². The van der Waals surface area contributed by atoms with Crippen molar-refractivity contribution in [1.82, 2.24) is 20.3 Å². The van der Waals surface area contributed by atoms with Gasteiger partial charge in [-0.2, -0.15) is 0 Å². The van der Waals surface area contributed by atoms with Crippen molar-refractivity contribution in [2.45, 2.75) is 45.6 Å². The van der Waals surface area contributed by atoms with Crippen LogP contribution in [-0.4, -0.2) is 28.0 Å². The SMILES string of the molecule is COc1ccc([C@H]2Cn3nnc(C(=O)NCc4ccc(C(C)C)cc4)c3CO2)cc1. The Morgan fingerprint density at radius 3 is 2.60 bits per heavy atom. The third-order valence-electron chi connectivity index (χ3n) is 5.40. The Hall–Kier alpha value is -3.19. The van der Waals surface area contributed by atoms with Crippen LogP contribution >= 0.6 is 0 Å². The quantitative estimate of drug-likeness (QED) is 0.677. The first kappa shape index (κ1) is 20.1. The smallest absolute Gasteiger partial charge is 0.274 e. The van der Waals surface area contributed by atoms with Crippen LogP contribution in [0.25, 0.3) is 0 Å². The average molecular weight is 406 g/mol. The van der Waals surface area contributed by atoms with Gasteiger partial charge in [0.2, 0.25) is 0 Å². The van der Waals surface area contributed by atoms with Gasteiger partial charge in [0, 0.05) is 6.54 Å². The van der Waals surface area contributed by atoms with Crippen molar-refractivity contribution in [3.8, 4) is 5.75 Å². The molecule has 1 amide bonds. The lowest BCUT2D eigenvalue weighted by Crippen LogP contribution is -2.27. The van der Waals surface area contributed by atoms with Gasteiger partial charge in [-0.1, -0.05) is 55.5 Å². The Balaban J connectivity index is 1.39. The highest BCUT2D eigenvalue weighted by Gasteiger charge is 2.27. The van der Waals surface area contributed by atoms with Crippen molar-refractivity contribution >= 4 is 5.91 Å². The predicted molar refractivity (Wildman–Crippen MR) is 112 cm³/mol. The number of fused-ring (bicyclic) bond motifs is 1. The highest BCUT2D eigenvalue weighted by Crippen LogP contribution is 2.28. The van der Waals surface area contributed by atoms with Gasteiger partial charge >= 0.3 is 0 Å². The third-order valence-corrected chi connectivity index (χ3v) is 5.40. The molecule has 0 saturated heterocycles. The van der Waals surface area contributed by atoms with Crippen LogP contribution in [0.15, 0.2) is 48.5 Å². The summed E-state index contributed by atoms with van der Waals surface area (Å²) in [6.07, 6.45) is -0.138. The molecule has 7 heteroatoms. The van der Waals surface area contributed by atoms with Crippen LogP contribution in [0, 0.1) is 0 Å². The summed E-state index contributed by atoms with van der Waals surface area (Å²) < 4.78 is 12.9. The lowest BCUT2D eigenvalue weighted by atomic mass is 10.0. The number of methoxy groups -OCH3 is 1. The van der Waals surface area contributed by atoms with Gasteiger partial charge in [-0.05, 0) is 34.7 Å². The monoisotopic (exact) mass is 406 g/mol. The van der Waals surface area contributed by atoms with E-state index in [-0.39, 0.29) is 18.6 Å². The average Bonchev–Trinajstić information content (AvgIpc) is 3.21. The zero-order chi connectivity index (χ0) is 21.1. The number of hydrogen-bond acceptors (Lipinski definition) is 5. The maximum atomic E-state index is 12.7. The molecule has 1 atom stereocenters. The minimum atomic E-state index is -0.240. The predicted octanol–water partition coefficient (Wildman–Crippen LogP) is 3.61. The van der Waals surface area contributed by atoms with E-state index in [0.717, 1.165) is 16.9 Å². The normalized spacial score (nSPS) is 15.7. The van der Waals surface area contributed by atoms with Crippen LogP contribution in [0.3, 0.4) is 0 Å². The van der Waals surface area contributed by atoms with Gasteiger partial charge < -0.3 is 14.8 Å². The molecule has 1 N–H and O–H groups in total. The van der Waals surface area contributed by atoms with E-state index in [9.17, 15) is 4.79 Å². The van der Waals surface area contributed by atoms with Gasteiger partial charge in [-0.25, -0.2) is 4.68 Å². The zero-order valence-corrected chi connectivity index (χ0v) is 17.5. The van der Waals surface area contributed by atoms with Crippen LogP contribution < -0.4 is 10.1 Å². The molecule has 7 nitrogen and oxygen atoms in total. The summed E-state index contributed by atoms with van der Waals surface area (Å²) in [5.74, 6) is 1.04. The molecule has 30 heavy (non-hydrogen) atoms. The fourth-order valence-electron chi connectivity index (χ4n) is 3.49. The van der Waals surface area contributed by atoms with Gasteiger partial charge in [0.1, 0.15) is 11.9 Å².